The fourth-order valence-electron chi connectivity index (χ4n) is 3.43. The van der Waals surface area contributed by atoms with Gasteiger partial charge >= 0.3 is 0 Å². The van der Waals surface area contributed by atoms with Crippen LogP contribution in [0.2, 0.25) is 0 Å². The molecule has 0 heterocycles. The van der Waals surface area contributed by atoms with E-state index >= 15 is 8.78 Å². The number of amidine groups is 1. The minimum absolute atomic E-state index is 0.0498. The van der Waals surface area contributed by atoms with Gasteiger partial charge in [-0.3, -0.25) is 10.2 Å². The van der Waals surface area contributed by atoms with Crippen LogP contribution in [0.5, 0.6) is 23.0 Å². The first-order chi connectivity index (χ1) is 17.3. The Balaban J connectivity index is 1.78. The summed E-state index contributed by atoms with van der Waals surface area (Å²) in [6.45, 7) is 1.75. The van der Waals surface area contributed by atoms with Gasteiger partial charge in [0.05, 0.1) is 19.8 Å². The average molecular weight is 500 g/mol. The molecule has 0 aliphatic rings. The Morgan fingerprint density at radius 3 is 2.17 bits per heavy atom. The van der Waals surface area contributed by atoms with Crippen LogP contribution in [-0.2, 0) is 16.1 Å². The maximum absolute atomic E-state index is 15.0. The van der Waals surface area contributed by atoms with Crippen LogP contribution in [0, 0.1) is 17.0 Å². The fraction of sp³-hybridized carbons (Fsp3) is 0.231. The summed E-state index contributed by atoms with van der Waals surface area (Å²) in [5, 5.41) is 10.1. The van der Waals surface area contributed by atoms with Crippen molar-refractivity contribution in [1.82, 2.24) is 5.32 Å². The molecule has 0 unspecified atom stereocenters. The molecule has 0 bridgehead atoms. The number of halogens is 2. The van der Waals surface area contributed by atoms with Gasteiger partial charge in [-0.15, -0.1) is 0 Å². The van der Waals surface area contributed by atoms with Crippen molar-refractivity contribution in [2.75, 3.05) is 20.8 Å². The molecule has 0 fully saturated rings. The molecule has 0 radical (unpaired) electrons. The van der Waals surface area contributed by atoms with E-state index < -0.39 is 29.2 Å². The topological polar surface area (TPSA) is 116 Å². The molecule has 0 aliphatic carbocycles. The Hall–Kier alpha value is -4.18. The molecule has 0 saturated heterocycles. The van der Waals surface area contributed by atoms with Gasteiger partial charge in [-0.2, -0.15) is 0 Å². The quantitative estimate of drug-likeness (QED) is 0.265. The average Bonchev–Trinajstić information content (AvgIpc) is 2.86. The van der Waals surface area contributed by atoms with Gasteiger partial charge in [0.15, 0.2) is 17.6 Å². The number of nitrogens with two attached hydrogens (primary N) is 1. The number of benzene rings is 3. The van der Waals surface area contributed by atoms with Crippen LogP contribution in [0.25, 0.3) is 0 Å². The Morgan fingerprint density at radius 2 is 1.61 bits per heavy atom. The summed E-state index contributed by atoms with van der Waals surface area (Å²) in [5.41, 5.74) is 6.16. The van der Waals surface area contributed by atoms with Crippen LogP contribution in [0.4, 0.5) is 8.78 Å². The summed E-state index contributed by atoms with van der Waals surface area (Å²) in [5.74, 6) is -1.76. The Bertz CT molecular complexity index is 1210. The first-order valence-corrected chi connectivity index (χ1v) is 11.0. The normalized spacial score (nSPS) is 11.5. The highest BCUT2D eigenvalue weighted by atomic mass is 19.1. The zero-order valence-electron chi connectivity index (χ0n) is 20.1. The molecule has 3 rings (SSSR count). The van der Waals surface area contributed by atoms with Crippen LogP contribution < -0.4 is 25.3 Å². The van der Waals surface area contributed by atoms with E-state index in [2.05, 4.69) is 5.32 Å². The van der Waals surface area contributed by atoms with Crippen LogP contribution in [0.1, 0.15) is 29.7 Å². The van der Waals surface area contributed by atoms with Gasteiger partial charge in [0.25, 0.3) is 5.91 Å². The molecular weight excluding hydrogens is 472 g/mol. The minimum Gasteiger partial charge on any atom is -0.493 e. The number of nitrogens with one attached hydrogen (secondary N) is 2. The third-order valence-electron chi connectivity index (χ3n) is 5.21. The molecule has 4 N–H and O–H groups in total. The zero-order chi connectivity index (χ0) is 26.2. The van der Waals surface area contributed by atoms with Crippen molar-refractivity contribution in [1.29, 1.82) is 5.41 Å². The third-order valence-corrected chi connectivity index (χ3v) is 5.21. The molecule has 1 atom stereocenters. The van der Waals surface area contributed by atoms with E-state index in [4.69, 9.17) is 30.1 Å². The van der Waals surface area contributed by atoms with E-state index in [0.29, 0.717) is 22.6 Å². The van der Waals surface area contributed by atoms with E-state index in [0.717, 1.165) is 12.1 Å². The van der Waals surface area contributed by atoms with Crippen molar-refractivity contribution in [3.63, 3.8) is 0 Å². The smallest absolute Gasteiger partial charge is 0.254 e. The summed E-state index contributed by atoms with van der Waals surface area (Å²) < 4.78 is 51.4. The fourth-order valence-corrected chi connectivity index (χ4v) is 3.43. The summed E-state index contributed by atoms with van der Waals surface area (Å²) in [7, 11) is 2.94. The molecule has 3 aromatic carbocycles. The van der Waals surface area contributed by atoms with Gasteiger partial charge in [-0.1, -0.05) is 24.3 Å². The van der Waals surface area contributed by atoms with Crippen molar-refractivity contribution in [2.24, 2.45) is 5.73 Å². The molecule has 0 spiro atoms. The van der Waals surface area contributed by atoms with Gasteiger partial charge < -0.3 is 30.0 Å². The highest BCUT2D eigenvalue weighted by molar-refractivity contribution is 5.94. The van der Waals surface area contributed by atoms with E-state index in [1.54, 1.807) is 43.3 Å². The van der Waals surface area contributed by atoms with Gasteiger partial charge in [-0.05, 0) is 24.6 Å². The second kappa shape index (κ2) is 12.0. The lowest BCUT2D eigenvalue weighted by Crippen LogP contribution is -2.31. The largest absolute Gasteiger partial charge is 0.493 e. The number of methoxy groups -OCH3 is 2. The van der Waals surface area contributed by atoms with Crippen LogP contribution in [-0.4, -0.2) is 32.6 Å². The lowest BCUT2D eigenvalue weighted by Gasteiger charge is -2.19. The number of rotatable bonds is 11. The molecule has 0 saturated carbocycles. The number of carbonyl (C=O) groups excluding carboxylic acids is 1. The van der Waals surface area contributed by atoms with Gasteiger partial charge in [0, 0.05) is 36.9 Å². The molecule has 10 heteroatoms. The number of ether oxygens (including phenoxy) is 4. The monoisotopic (exact) mass is 499 g/mol. The van der Waals surface area contributed by atoms with E-state index in [-0.39, 0.29) is 30.5 Å². The van der Waals surface area contributed by atoms with Crippen LogP contribution >= 0.6 is 0 Å². The van der Waals surface area contributed by atoms with Gasteiger partial charge in [0.1, 0.15) is 29.0 Å². The predicted molar refractivity (Wildman–Crippen MR) is 130 cm³/mol. The van der Waals surface area contributed by atoms with E-state index in [1.165, 1.54) is 20.3 Å². The van der Waals surface area contributed by atoms with Crippen molar-refractivity contribution in [2.45, 2.75) is 19.6 Å². The molecule has 36 heavy (non-hydrogen) atoms. The van der Waals surface area contributed by atoms with E-state index in [1.807, 2.05) is 0 Å². The second-order valence-electron chi connectivity index (χ2n) is 7.58. The molecule has 3 aromatic rings. The molecule has 8 nitrogen and oxygen atoms in total. The summed E-state index contributed by atoms with van der Waals surface area (Å²) in [6, 6.07) is 13.3. The highest BCUT2D eigenvalue weighted by Gasteiger charge is 2.28. The molecule has 0 aromatic heterocycles. The molecular formula is C26H27F2N3O5. The van der Waals surface area contributed by atoms with Crippen molar-refractivity contribution >= 4 is 11.7 Å². The summed E-state index contributed by atoms with van der Waals surface area (Å²) >= 11 is 0. The van der Waals surface area contributed by atoms with Gasteiger partial charge in [-0.25, -0.2) is 8.78 Å². The summed E-state index contributed by atoms with van der Waals surface area (Å²) in [6.07, 6.45) is -1.51. The Kier molecular flexibility index (Phi) is 8.80. The third kappa shape index (κ3) is 6.28. The minimum atomic E-state index is -1.51. The number of hydrogen-bond donors (Lipinski definition) is 3. The maximum atomic E-state index is 15.0. The molecule has 0 aliphatic heterocycles. The second-order valence-corrected chi connectivity index (χ2v) is 7.58. The standard InChI is InChI=1S/C26H27F2N3O5/c1-4-35-24(26(32)31-14-15-5-7-16(8-6-15)25(29)30)23-19(27)11-18(12-20(23)28)36-17-9-10-21(33-2)22(13-17)34-3/h5-13,24H,4,14H2,1-3H3,(H3,29,30)(H,31,32)/t24-/m0/s1. The number of amides is 1. The molecule has 1 amide bonds. The first kappa shape index (κ1) is 26.4. The van der Waals surface area contributed by atoms with Crippen LogP contribution in [0.3, 0.4) is 0 Å². The SMILES string of the molecule is CCO[C@H](C(=O)NCc1ccc(C(=N)N)cc1)c1c(F)cc(Oc2ccc(OC)c(OC)c2)cc1F. The summed E-state index contributed by atoms with van der Waals surface area (Å²) in [4.78, 5) is 12.8. The zero-order valence-corrected chi connectivity index (χ0v) is 20.1. The van der Waals surface area contributed by atoms with Crippen molar-refractivity contribution in [3.05, 3.63) is 82.9 Å². The maximum Gasteiger partial charge on any atom is 0.254 e. The van der Waals surface area contributed by atoms with E-state index in [9.17, 15) is 4.79 Å². The number of hydrogen-bond acceptors (Lipinski definition) is 6. The lowest BCUT2D eigenvalue weighted by atomic mass is 10.1. The highest BCUT2D eigenvalue weighted by Crippen LogP contribution is 2.35. The first-order valence-electron chi connectivity index (χ1n) is 11.0. The Morgan fingerprint density at radius 1 is 0.972 bits per heavy atom. The predicted octanol–water partition coefficient (Wildman–Crippen LogP) is 4.45. The van der Waals surface area contributed by atoms with Crippen molar-refractivity contribution in [3.8, 4) is 23.0 Å². The lowest BCUT2D eigenvalue weighted by molar-refractivity contribution is -0.133. The van der Waals surface area contributed by atoms with Gasteiger partial charge in [0.2, 0.25) is 0 Å². The van der Waals surface area contributed by atoms with Crippen molar-refractivity contribution < 1.29 is 32.5 Å². The number of nitrogen functional groups attached to an aromatic ring is 1. The van der Waals surface area contributed by atoms with Crippen LogP contribution in [0.15, 0.2) is 54.6 Å². The molecule has 190 valence electrons. The number of carbonyl (C=O) groups is 1. The Labute approximate surface area is 207 Å².